The van der Waals surface area contributed by atoms with Gasteiger partial charge in [0.05, 0.1) is 5.69 Å². The third kappa shape index (κ3) is 1.72. The SMILES string of the molecule is CC(C)=Cc1cc(C)no1. The summed E-state index contributed by atoms with van der Waals surface area (Å²) in [5.41, 5.74) is 2.14. The molecule has 1 rings (SSSR count). The minimum atomic E-state index is 0.831. The highest BCUT2D eigenvalue weighted by Crippen LogP contribution is 2.06. The first kappa shape index (κ1) is 7.06. The average molecular weight is 137 g/mol. The Bertz CT molecular complexity index is 244. The maximum atomic E-state index is 4.95. The molecule has 0 amide bonds. The Morgan fingerprint density at radius 2 is 2.30 bits per heavy atom. The first-order valence-corrected chi connectivity index (χ1v) is 3.27. The summed E-state index contributed by atoms with van der Waals surface area (Å²) in [7, 11) is 0. The van der Waals surface area contributed by atoms with Crippen molar-refractivity contribution in [2.24, 2.45) is 0 Å². The first-order chi connectivity index (χ1) is 4.68. The standard InChI is InChI=1S/C8H11NO/c1-6(2)4-8-5-7(3)9-10-8/h4-5H,1-3H3. The van der Waals surface area contributed by atoms with Crippen LogP contribution >= 0.6 is 0 Å². The molecule has 0 aromatic carbocycles. The van der Waals surface area contributed by atoms with Gasteiger partial charge < -0.3 is 4.52 Å². The van der Waals surface area contributed by atoms with Crippen LogP contribution in [-0.4, -0.2) is 5.16 Å². The molecule has 0 N–H and O–H groups in total. The maximum absolute atomic E-state index is 4.95. The molecule has 0 bridgehead atoms. The Hall–Kier alpha value is -1.05. The quantitative estimate of drug-likeness (QED) is 0.594. The monoisotopic (exact) mass is 137 g/mol. The fraction of sp³-hybridized carbons (Fsp3) is 0.375. The van der Waals surface area contributed by atoms with Crippen LogP contribution in [0.2, 0.25) is 0 Å². The average Bonchev–Trinajstić information content (AvgIpc) is 2.13. The summed E-state index contributed by atoms with van der Waals surface area (Å²) in [4.78, 5) is 0. The molecule has 2 nitrogen and oxygen atoms in total. The van der Waals surface area contributed by atoms with E-state index in [9.17, 15) is 0 Å². The lowest BCUT2D eigenvalue weighted by Gasteiger charge is -1.82. The highest BCUT2D eigenvalue weighted by Gasteiger charge is 1.94. The summed E-state index contributed by atoms with van der Waals surface area (Å²) in [6.07, 6.45) is 1.96. The van der Waals surface area contributed by atoms with Gasteiger partial charge in [-0.05, 0) is 26.8 Å². The summed E-state index contributed by atoms with van der Waals surface area (Å²) in [6.45, 7) is 5.96. The lowest BCUT2D eigenvalue weighted by Crippen LogP contribution is -1.64. The van der Waals surface area contributed by atoms with E-state index in [-0.39, 0.29) is 0 Å². The van der Waals surface area contributed by atoms with E-state index < -0.39 is 0 Å². The van der Waals surface area contributed by atoms with E-state index in [4.69, 9.17) is 4.52 Å². The van der Waals surface area contributed by atoms with Gasteiger partial charge in [0.1, 0.15) is 0 Å². The molecular weight excluding hydrogens is 126 g/mol. The molecule has 0 fully saturated rings. The van der Waals surface area contributed by atoms with E-state index in [1.54, 1.807) is 0 Å². The van der Waals surface area contributed by atoms with Crippen LogP contribution in [0.25, 0.3) is 6.08 Å². The van der Waals surface area contributed by atoms with Gasteiger partial charge in [0, 0.05) is 6.07 Å². The zero-order chi connectivity index (χ0) is 7.56. The van der Waals surface area contributed by atoms with Gasteiger partial charge in [-0.3, -0.25) is 0 Å². The second-order valence-corrected chi connectivity index (χ2v) is 2.59. The van der Waals surface area contributed by atoms with Crippen LogP contribution in [-0.2, 0) is 0 Å². The van der Waals surface area contributed by atoms with Crippen LogP contribution in [0.1, 0.15) is 25.3 Å². The van der Waals surface area contributed by atoms with Crippen molar-refractivity contribution in [3.63, 3.8) is 0 Å². The Kier molecular flexibility index (Phi) is 1.90. The Balaban J connectivity index is 2.86. The molecule has 1 aromatic heterocycles. The number of nitrogens with zero attached hydrogens (tertiary/aromatic N) is 1. The van der Waals surface area contributed by atoms with Crippen molar-refractivity contribution in [1.29, 1.82) is 0 Å². The topological polar surface area (TPSA) is 26.0 Å². The van der Waals surface area contributed by atoms with Crippen LogP contribution in [0.4, 0.5) is 0 Å². The summed E-state index contributed by atoms with van der Waals surface area (Å²) >= 11 is 0. The van der Waals surface area contributed by atoms with Gasteiger partial charge in [-0.25, -0.2) is 0 Å². The van der Waals surface area contributed by atoms with Gasteiger partial charge >= 0.3 is 0 Å². The van der Waals surface area contributed by atoms with E-state index in [0.717, 1.165) is 11.5 Å². The number of aromatic nitrogens is 1. The first-order valence-electron chi connectivity index (χ1n) is 3.27. The minimum absolute atomic E-state index is 0.831. The largest absolute Gasteiger partial charge is 0.357 e. The highest BCUT2D eigenvalue weighted by molar-refractivity contribution is 5.45. The molecule has 0 unspecified atom stereocenters. The fourth-order valence-electron chi connectivity index (χ4n) is 0.736. The van der Waals surface area contributed by atoms with Crippen molar-refractivity contribution in [3.8, 4) is 0 Å². The molecule has 0 aliphatic rings. The van der Waals surface area contributed by atoms with Gasteiger partial charge in [0.15, 0.2) is 5.76 Å². The fourth-order valence-corrected chi connectivity index (χ4v) is 0.736. The highest BCUT2D eigenvalue weighted by atomic mass is 16.5. The third-order valence-corrected chi connectivity index (χ3v) is 1.08. The summed E-state index contributed by atoms with van der Waals surface area (Å²) in [6, 6.07) is 1.91. The van der Waals surface area contributed by atoms with E-state index in [0.29, 0.717) is 0 Å². The van der Waals surface area contributed by atoms with Crippen molar-refractivity contribution in [2.75, 3.05) is 0 Å². The van der Waals surface area contributed by atoms with Crippen LogP contribution in [0, 0.1) is 6.92 Å². The molecule has 0 spiro atoms. The zero-order valence-corrected chi connectivity index (χ0v) is 6.51. The molecule has 10 heavy (non-hydrogen) atoms. The molecule has 2 heteroatoms. The predicted molar refractivity (Wildman–Crippen MR) is 40.6 cm³/mol. The van der Waals surface area contributed by atoms with Crippen molar-refractivity contribution >= 4 is 6.08 Å². The van der Waals surface area contributed by atoms with E-state index >= 15 is 0 Å². The molecular formula is C8H11NO. The Labute approximate surface area is 60.5 Å². The molecule has 0 radical (unpaired) electrons. The molecule has 0 atom stereocenters. The molecule has 0 aliphatic carbocycles. The predicted octanol–water partition coefficient (Wildman–Crippen LogP) is 2.41. The van der Waals surface area contributed by atoms with Crippen molar-refractivity contribution in [1.82, 2.24) is 5.16 Å². The van der Waals surface area contributed by atoms with Crippen LogP contribution in [0.3, 0.4) is 0 Å². The lowest BCUT2D eigenvalue weighted by molar-refractivity contribution is 0.408. The normalized spacial score (nSPS) is 9.50. The zero-order valence-electron chi connectivity index (χ0n) is 6.51. The maximum Gasteiger partial charge on any atom is 0.159 e. The molecule has 1 heterocycles. The molecule has 54 valence electrons. The summed E-state index contributed by atoms with van der Waals surface area (Å²) < 4.78 is 4.95. The van der Waals surface area contributed by atoms with E-state index in [1.165, 1.54) is 5.57 Å². The van der Waals surface area contributed by atoms with Gasteiger partial charge in [-0.1, -0.05) is 10.7 Å². The number of hydrogen-bond acceptors (Lipinski definition) is 2. The van der Waals surface area contributed by atoms with E-state index in [1.807, 2.05) is 32.9 Å². The third-order valence-electron chi connectivity index (χ3n) is 1.08. The Morgan fingerprint density at radius 3 is 2.70 bits per heavy atom. The number of allylic oxidation sites excluding steroid dienone is 1. The van der Waals surface area contributed by atoms with Crippen molar-refractivity contribution < 1.29 is 4.52 Å². The minimum Gasteiger partial charge on any atom is -0.357 e. The van der Waals surface area contributed by atoms with Gasteiger partial charge in [-0.2, -0.15) is 0 Å². The van der Waals surface area contributed by atoms with Crippen LogP contribution < -0.4 is 0 Å². The number of hydrogen-bond donors (Lipinski definition) is 0. The van der Waals surface area contributed by atoms with Crippen molar-refractivity contribution in [3.05, 3.63) is 23.1 Å². The van der Waals surface area contributed by atoms with Gasteiger partial charge in [0.2, 0.25) is 0 Å². The van der Waals surface area contributed by atoms with Gasteiger partial charge in [0.25, 0.3) is 0 Å². The number of aryl methyl sites for hydroxylation is 1. The molecule has 0 saturated heterocycles. The Morgan fingerprint density at radius 1 is 1.60 bits per heavy atom. The molecule has 0 aliphatic heterocycles. The van der Waals surface area contributed by atoms with Crippen LogP contribution in [0.15, 0.2) is 16.2 Å². The number of rotatable bonds is 1. The second kappa shape index (κ2) is 2.69. The van der Waals surface area contributed by atoms with E-state index in [2.05, 4.69) is 5.16 Å². The lowest BCUT2D eigenvalue weighted by atomic mass is 10.3. The summed E-state index contributed by atoms with van der Waals surface area (Å²) in [5.74, 6) is 0.831. The second-order valence-electron chi connectivity index (χ2n) is 2.59. The van der Waals surface area contributed by atoms with Crippen molar-refractivity contribution in [2.45, 2.75) is 20.8 Å². The van der Waals surface area contributed by atoms with Crippen LogP contribution in [0.5, 0.6) is 0 Å². The van der Waals surface area contributed by atoms with Gasteiger partial charge in [-0.15, -0.1) is 0 Å². The smallest absolute Gasteiger partial charge is 0.159 e. The molecule has 1 aromatic rings. The summed E-state index contributed by atoms with van der Waals surface area (Å²) in [5, 5.41) is 3.75. The molecule has 0 saturated carbocycles.